The molecule has 8 heteroatoms. The van der Waals surface area contributed by atoms with Crippen LogP contribution in [0, 0.1) is 0 Å². The molecule has 2 heterocycles. The van der Waals surface area contributed by atoms with Crippen LogP contribution in [0.4, 0.5) is 5.69 Å². The summed E-state index contributed by atoms with van der Waals surface area (Å²) < 4.78 is 0. The van der Waals surface area contributed by atoms with Gasteiger partial charge in [-0.25, -0.2) is 4.99 Å². The topological polar surface area (TPSA) is 80.2 Å². The van der Waals surface area contributed by atoms with E-state index in [1.54, 1.807) is 0 Å². The molecule has 0 bridgehead atoms. The molecule has 0 unspecified atom stereocenters. The molecule has 1 amide bonds. The zero-order valence-corrected chi connectivity index (χ0v) is 17.5. The quantitative estimate of drug-likeness (QED) is 0.342. The summed E-state index contributed by atoms with van der Waals surface area (Å²) >= 11 is 0. The number of β-amino-alcohol motifs (C(OH)–C–C–N with tert-alkyl or cyclic N) is 1. The number of rotatable bonds is 4. The van der Waals surface area contributed by atoms with Crippen molar-refractivity contribution in [2.45, 2.75) is 26.0 Å². The SMILES string of the molecule is CCNC(=NCc1ccc(N2CCNC(=O)C2)cc1)N1CC[C@@H](O)C1.I. The third-order valence-electron chi connectivity index (χ3n) is 4.55. The number of hydrogen-bond donors (Lipinski definition) is 3. The van der Waals surface area contributed by atoms with Gasteiger partial charge in [0.05, 0.1) is 19.2 Å². The second kappa shape index (κ2) is 9.96. The molecule has 3 N–H and O–H groups in total. The Morgan fingerprint density at radius 1 is 1.35 bits per heavy atom. The first-order valence-electron chi connectivity index (χ1n) is 8.97. The number of benzene rings is 1. The Labute approximate surface area is 171 Å². The van der Waals surface area contributed by atoms with Crippen molar-refractivity contribution in [3.8, 4) is 0 Å². The minimum atomic E-state index is -0.259. The summed E-state index contributed by atoms with van der Waals surface area (Å²) in [5.74, 6) is 0.929. The second-order valence-electron chi connectivity index (χ2n) is 6.50. The standard InChI is InChI=1S/C18H27N5O2.HI/c1-2-19-18(23-9-7-16(24)12-23)21-11-14-3-5-15(6-4-14)22-10-8-20-17(25)13-22;/h3-6,16,24H,2,7-13H2,1H3,(H,19,21)(H,20,25);1H/t16-;/m1./s1. The molecule has 1 aromatic rings. The minimum Gasteiger partial charge on any atom is -0.391 e. The molecule has 2 aliphatic rings. The van der Waals surface area contributed by atoms with Crippen molar-refractivity contribution in [1.82, 2.24) is 15.5 Å². The second-order valence-corrected chi connectivity index (χ2v) is 6.50. The summed E-state index contributed by atoms with van der Waals surface area (Å²) in [5.41, 5.74) is 2.19. The number of hydrogen-bond acceptors (Lipinski definition) is 4. The number of aliphatic imine (C=N–C) groups is 1. The van der Waals surface area contributed by atoms with Gasteiger partial charge in [0.15, 0.2) is 5.96 Å². The number of halogens is 1. The number of aliphatic hydroxyl groups is 1. The van der Waals surface area contributed by atoms with E-state index in [0.717, 1.165) is 43.3 Å². The fourth-order valence-corrected chi connectivity index (χ4v) is 3.20. The van der Waals surface area contributed by atoms with Crippen molar-refractivity contribution < 1.29 is 9.90 Å². The van der Waals surface area contributed by atoms with E-state index in [1.165, 1.54) is 0 Å². The van der Waals surface area contributed by atoms with Crippen LogP contribution in [0.2, 0.25) is 0 Å². The Hall–Kier alpha value is -1.55. The van der Waals surface area contributed by atoms with E-state index >= 15 is 0 Å². The number of guanidine groups is 1. The summed E-state index contributed by atoms with van der Waals surface area (Å²) in [5, 5.41) is 15.9. The summed E-state index contributed by atoms with van der Waals surface area (Å²) in [7, 11) is 0. The fraction of sp³-hybridized carbons (Fsp3) is 0.556. The van der Waals surface area contributed by atoms with E-state index in [-0.39, 0.29) is 36.0 Å². The number of carbonyl (C=O) groups excluding carboxylic acids is 1. The zero-order valence-electron chi connectivity index (χ0n) is 15.1. The molecule has 0 aliphatic carbocycles. The molecular formula is C18H28IN5O2. The van der Waals surface area contributed by atoms with Crippen LogP contribution < -0.4 is 15.5 Å². The Kier molecular flexibility index (Phi) is 7.95. The molecule has 0 radical (unpaired) electrons. The lowest BCUT2D eigenvalue weighted by Crippen LogP contribution is -2.47. The van der Waals surface area contributed by atoms with Gasteiger partial charge in [0.25, 0.3) is 0 Å². The van der Waals surface area contributed by atoms with Crippen LogP contribution in [0.1, 0.15) is 18.9 Å². The van der Waals surface area contributed by atoms with Crippen molar-refractivity contribution in [1.29, 1.82) is 0 Å². The summed E-state index contributed by atoms with van der Waals surface area (Å²) in [6, 6.07) is 8.23. The normalized spacial score (nSPS) is 20.6. The van der Waals surface area contributed by atoms with Gasteiger partial charge in [0.2, 0.25) is 5.91 Å². The Bertz CT molecular complexity index is 623. The summed E-state index contributed by atoms with van der Waals surface area (Å²) in [4.78, 5) is 20.4. The number of aliphatic hydroxyl groups excluding tert-OH is 1. The van der Waals surface area contributed by atoms with Gasteiger partial charge in [-0.3, -0.25) is 4.79 Å². The molecule has 1 aromatic carbocycles. The lowest BCUT2D eigenvalue weighted by atomic mass is 10.2. The molecule has 3 rings (SSSR count). The predicted molar refractivity (Wildman–Crippen MR) is 114 cm³/mol. The summed E-state index contributed by atoms with van der Waals surface area (Å²) in [6.45, 7) is 6.87. The Morgan fingerprint density at radius 2 is 2.12 bits per heavy atom. The zero-order chi connectivity index (χ0) is 17.6. The van der Waals surface area contributed by atoms with Crippen LogP contribution in [-0.4, -0.2) is 67.2 Å². The molecule has 0 spiro atoms. The largest absolute Gasteiger partial charge is 0.391 e. The van der Waals surface area contributed by atoms with Gasteiger partial charge in [-0.15, -0.1) is 24.0 Å². The molecule has 2 aliphatic heterocycles. The highest BCUT2D eigenvalue weighted by Gasteiger charge is 2.22. The van der Waals surface area contributed by atoms with Gasteiger partial charge >= 0.3 is 0 Å². The van der Waals surface area contributed by atoms with Crippen LogP contribution in [-0.2, 0) is 11.3 Å². The predicted octanol–water partition coefficient (Wildman–Crippen LogP) is 0.773. The van der Waals surface area contributed by atoms with Gasteiger partial charge in [-0.2, -0.15) is 0 Å². The van der Waals surface area contributed by atoms with Crippen LogP contribution in [0.5, 0.6) is 0 Å². The maximum atomic E-state index is 11.5. The smallest absolute Gasteiger partial charge is 0.239 e. The third-order valence-corrected chi connectivity index (χ3v) is 4.55. The molecule has 7 nitrogen and oxygen atoms in total. The van der Waals surface area contributed by atoms with Crippen LogP contribution in [0.15, 0.2) is 29.3 Å². The lowest BCUT2D eigenvalue weighted by molar-refractivity contribution is -0.120. The molecule has 144 valence electrons. The first-order valence-corrected chi connectivity index (χ1v) is 8.97. The number of amides is 1. The van der Waals surface area contributed by atoms with Gasteiger partial charge in [0, 0.05) is 38.4 Å². The van der Waals surface area contributed by atoms with Gasteiger partial charge in [-0.05, 0) is 31.0 Å². The Morgan fingerprint density at radius 3 is 2.73 bits per heavy atom. The average Bonchev–Trinajstić information content (AvgIpc) is 3.05. The van der Waals surface area contributed by atoms with Crippen molar-refractivity contribution in [2.24, 2.45) is 4.99 Å². The van der Waals surface area contributed by atoms with Crippen molar-refractivity contribution in [3.05, 3.63) is 29.8 Å². The molecule has 2 saturated heterocycles. The maximum absolute atomic E-state index is 11.5. The van der Waals surface area contributed by atoms with Gasteiger partial charge in [0.1, 0.15) is 0 Å². The molecular weight excluding hydrogens is 445 g/mol. The lowest BCUT2D eigenvalue weighted by Gasteiger charge is -2.28. The van der Waals surface area contributed by atoms with Crippen LogP contribution in [0.25, 0.3) is 0 Å². The molecule has 0 aromatic heterocycles. The van der Waals surface area contributed by atoms with E-state index < -0.39 is 0 Å². The van der Waals surface area contributed by atoms with E-state index in [0.29, 0.717) is 26.2 Å². The van der Waals surface area contributed by atoms with Crippen molar-refractivity contribution >= 4 is 41.5 Å². The highest BCUT2D eigenvalue weighted by molar-refractivity contribution is 14.0. The fourth-order valence-electron chi connectivity index (χ4n) is 3.20. The van der Waals surface area contributed by atoms with Gasteiger partial charge in [-0.1, -0.05) is 12.1 Å². The van der Waals surface area contributed by atoms with E-state index in [9.17, 15) is 9.90 Å². The van der Waals surface area contributed by atoms with Crippen LogP contribution >= 0.6 is 24.0 Å². The number of carbonyl (C=O) groups is 1. The van der Waals surface area contributed by atoms with Gasteiger partial charge < -0.3 is 25.5 Å². The van der Waals surface area contributed by atoms with E-state index in [4.69, 9.17) is 4.99 Å². The molecule has 26 heavy (non-hydrogen) atoms. The van der Waals surface area contributed by atoms with Crippen molar-refractivity contribution in [2.75, 3.05) is 44.2 Å². The number of anilines is 1. The number of nitrogens with one attached hydrogen (secondary N) is 2. The minimum absolute atomic E-state index is 0. The first kappa shape index (κ1) is 20.8. The number of likely N-dealkylation sites (tertiary alicyclic amines) is 1. The number of piperazine rings is 1. The average molecular weight is 473 g/mol. The highest BCUT2D eigenvalue weighted by atomic mass is 127. The highest BCUT2D eigenvalue weighted by Crippen LogP contribution is 2.17. The maximum Gasteiger partial charge on any atom is 0.239 e. The van der Waals surface area contributed by atoms with Crippen LogP contribution in [0.3, 0.4) is 0 Å². The Balaban J connectivity index is 0.00000243. The number of nitrogens with zero attached hydrogens (tertiary/aromatic N) is 3. The first-order chi connectivity index (χ1) is 12.2. The molecule has 0 saturated carbocycles. The third kappa shape index (κ3) is 5.47. The molecule has 2 fully saturated rings. The van der Waals surface area contributed by atoms with E-state index in [1.807, 2.05) is 6.92 Å². The summed E-state index contributed by atoms with van der Waals surface area (Å²) in [6.07, 6.45) is 0.535. The van der Waals surface area contributed by atoms with E-state index in [2.05, 4.69) is 44.7 Å². The molecule has 1 atom stereocenters. The van der Waals surface area contributed by atoms with Crippen molar-refractivity contribution in [3.63, 3.8) is 0 Å². The monoisotopic (exact) mass is 473 g/mol.